The topological polar surface area (TPSA) is 81.9 Å². The second kappa shape index (κ2) is 7.53. The molecule has 2 fully saturated rings. The summed E-state index contributed by atoms with van der Waals surface area (Å²) in [5, 5.41) is 6.52. The highest BCUT2D eigenvalue weighted by molar-refractivity contribution is 5.91. The van der Waals surface area contributed by atoms with Gasteiger partial charge in [0, 0.05) is 58.3 Å². The first-order valence-electron chi connectivity index (χ1n) is 8.87. The number of piperazine rings is 1. The zero-order valence-electron chi connectivity index (χ0n) is 15.2. The molecule has 2 atom stereocenters. The first-order chi connectivity index (χ1) is 11.9. The van der Waals surface area contributed by atoms with E-state index < -0.39 is 0 Å². The first-order valence-corrected chi connectivity index (χ1v) is 8.87. The molecule has 0 unspecified atom stereocenters. The fourth-order valence-electron chi connectivity index (χ4n) is 3.82. The minimum atomic E-state index is -0.0783. The summed E-state index contributed by atoms with van der Waals surface area (Å²) in [4.78, 5) is 30.2. The van der Waals surface area contributed by atoms with Gasteiger partial charge in [-0.25, -0.2) is 0 Å². The Morgan fingerprint density at radius 2 is 2.00 bits per heavy atom. The number of hydrogen-bond acceptors (Lipinski definition) is 6. The summed E-state index contributed by atoms with van der Waals surface area (Å²) >= 11 is 0. The standard InChI is InChI=1S/C17H27N5O3/c1-12-9-20(11-16(24)18-17-8-13(2)19-25-17)10-15(12)22-6-4-21(5-7-22)14(3)23/h8,12,15H,4-7,9-11H2,1-3H3,(H,18,24)/t12-,15-/m0/s1. The molecular weight excluding hydrogens is 322 g/mol. The van der Waals surface area contributed by atoms with E-state index in [-0.39, 0.29) is 11.8 Å². The number of amides is 2. The number of anilines is 1. The van der Waals surface area contributed by atoms with Crippen LogP contribution in [-0.2, 0) is 9.59 Å². The number of nitrogens with one attached hydrogen (secondary N) is 1. The first kappa shape index (κ1) is 17.9. The molecule has 3 heterocycles. The van der Waals surface area contributed by atoms with E-state index in [0.29, 0.717) is 24.4 Å². The van der Waals surface area contributed by atoms with Crippen molar-refractivity contribution in [2.45, 2.75) is 26.8 Å². The van der Waals surface area contributed by atoms with Crippen molar-refractivity contribution in [1.82, 2.24) is 19.9 Å². The fraction of sp³-hybridized carbons (Fsp3) is 0.706. The van der Waals surface area contributed by atoms with Crippen molar-refractivity contribution in [1.29, 1.82) is 0 Å². The van der Waals surface area contributed by atoms with Crippen LogP contribution < -0.4 is 5.32 Å². The van der Waals surface area contributed by atoms with Crippen LogP contribution >= 0.6 is 0 Å². The molecule has 8 heteroatoms. The van der Waals surface area contributed by atoms with Gasteiger partial charge in [-0.3, -0.25) is 24.7 Å². The molecule has 0 radical (unpaired) electrons. The number of likely N-dealkylation sites (tertiary alicyclic amines) is 1. The van der Waals surface area contributed by atoms with Gasteiger partial charge in [-0.2, -0.15) is 0 Å². The minimum Gasteiger partial charge on any atom is -0.340 e. The summed E-state index contributed by atoms with van der Waals surface area (Å²) in [6.07, 6.45) is 0. The van der Waals surface area contributed by atoms with Crippen molar-refractivity contribution < 1.29 is 14.1 Å². The zero-order chi connectivity index (χ0) is 18.0. The normalized spacial score (nSPS) is 25.3. The summed E-state index contributed by atoms with van der Waals surface area (Å²) in [6.45, 7) is 11.2. The van der Waals surface area contributed by atoms with Crippen molar-refractivity contribution in [3.05, 3.63) is 11.8 Å². The molecule has 2 aliphatic rings. The third kappa shape index (κ3) is 4.38. The van der Waals surface area contributed by atoms with Gasteiger partial charge < -0.3 is 9.42 Å². The van der Waals surface area contributed by atoms with E-state index in [9.17, 15) is 9.59 Å². The summed E-state index contributed by atoms with van der Waals surface area (Å²) in [7, 11) is 0. The van der Waals surface area contributed by atoms with E-state index in [1.165, 1.54) is 0 Å². The molecule has 1 N–H and O–H groups in total. The summed E-state index contributed by atoms with van der Waals surface area (Å²) < 4.78 is 5.03. The van der Waals surface area contributed by atoms with Crippen LogP contribution in [0.2, 0.25) is 0 Å². The van der Waals surface area contributed by atoms with Gasteiger partial charge in [0.25, 0.3) is 0 Å². The average Bonchev–Trinajstić information content (AvgIpc) is 3.13. The molecule has 0 saturated carbocycles. The molecule has 138 valence electrons. The molecule has 0 aromatic carbocycles. The molecule has 25 heavy (non-hydrogen) atoms. The minimum absolute atomic E-state index is 0.0783. The molecule has 0 spiro atoms. The third-order valence-corrected chi connectivity index (χ3v) is 5.13. The second-order valence-electron chi connectivity index (χ2n) is 7.16. The molecule has 2 aliphatic heterocycles. The number of carbonyl (C=O) groups is 2. The Morgan fingerprint density at radius 3 is 2.60 bits per heavy atom. The average molecular weight is 349 g/mol. The van der Waals surface area contributed by atoms with Crippen LogP contribution in [0.1, 0.15) is 19.5 Å². The van der Waals surface area contributed by atoms with E-state index in [1.807, 2.05) is 11.8 Å². The van der Waals surface area contributed by atoms with Gasteiger partial charge in [0.05, 0.1) is 12.2 Å². The smallest absolute Gasteiger partial charge is 0.240 e. The number of nitrogens with zero attached hydrogens (tertiary/aromatic N) is 4. The predicted octanol–water partition coefficient (Wildman–Crippen LogP) is 0.406. The van der Waals surface area contributed by atoms with Gasteiger partial charge in [-0.05, 0) is 12.8 Å². The Labute approximate surface area is 148 Å². The Bertz CT molecular complexity index is 624. The maximum atomic E-state index is 12.2. The number of aryl methyl sites for hydroxylation is 1. The van der Waals surface area contributed by atoms with Gasteiger partial charge in [-0.1, -0.05) is 12.1 Å². The summed E-state index contributed by atoms with van der Waals surface area (Å²) in [5.41, 5.74) is 0.745. The lowest BCUT2D eigenvalue weighted by Gasteiger charge is -2.39. The monoisotopic (exact) mass is 349 g/mol. The van der Waals surface area contributed by atoms with E-state index >= 15 is 0 Å². The van der Waals surface area contributed by atoms with Gasteiger partial charge >= 0.3 is 0 Å². The second-order valence-corrected chi connectivity index (χ2v) is 7.16. The van der Waals surface area contributed by atoms with Crippen LogP contribution in [0.3, 0.4) is 0 Å². The van der Waals surface area contributed by atoms with Crippen molar-refractivity contribution in [2.24, 2.45) is 5.92 Å². The number of rotatable bonds is 4. The van der Waals surface area contributed by atoms with Gasteiger partial charge in [0.1, 0.15) is 0 Å². The molecule has 0 bridgehead atoms. The molecule has 0 aliphatic carbocycles. The van der Waals surface area contributed by atoms with Gasteiger partial charge in [-0.15, -0.1) is 0 Å². The van der Waals surface area contributed by atoms with E-state index in [4.69, 9.17) is 4.52 Å². The zero-order valence-corrected chi connectivity index (χ0v) is 15.2. The maximum absolute atomic E-state index is 12.2. The van der Waals surface area contributed by atoms with Crippen LogP contribution in [0.4, 0.5) is 5.88 Å². The Kier molecular flexibility index (Phi) is 5.39. The molecule has 2 amide bonds. The largest absolute Gasteiger partial charge is 0.340 e. The van der Waals surface area contributed by atoms with Crippen molar-refractivity contribution in [3.8, 4) is 0 Å². The fourth-order valence-corrected chi connectivity index (χ4v) is 3.82. The number of aromatic nitrogens is 1. The molecule has 1 aromatic heterocycles. The molecular formula is C17H27N5O3. The maximum Gasteiger partial charge on any atom is 0.240 e. The quantitative estimate of drug-likeness (QED) is 0.848. The number of hydrogen-bond donors (Lipinski definition) is 1. The van der Waals surface area contributed by atoms with Gasteiger partial charge in [0.15, 0.2) is 0 Å². The van der Waals surface area contributed by atoms with Crippen LogP contribution in [0.25, 0.3) is 0 Å². The molecule has 2 saturated heterocycles. The van der Waals surface area contributed by atoms with E-state index in [0.717, 1.165) is 45.0 Å². The van der Waals surface area contributed by atoms with E-state index in [1.54, 1.807) is 13.0 Å². The van der Waals surface area contributed by atoms with Crippen molar-refractivity contribution in [3.63, 3.8) is 0 Å². The van der Waals surface area contributed by atoms with Crippen LogP contribution in [0.15, 0.2) is 10.6 Å². The Morgan fingerprint density at radius 1 is 1.28 bits per heavy atom. The highest BCUT2D eigenvalue weighted by Gasteiger charge is 2.36. The van der Waals surface area contributed by atoms with Crippen LogP contribution in [0, 0.1) is 12.8 Å². The van der Waals surface area contributed by atoms with Crippen molar-refractivity contribution in [2.75, 3.05) is 51.1 Å². The van der Waals surface area contributed by atoms with Gasteiger partial charge in [0.2, 0.25) is 17.7 Å². The van der Waals surface area contributed by atoms with E-state index in [2.05, 4.69) is 27.2 Å². The summed E-state index contributed by atoms with van der Waals surface area (Å²) in [6, 6.07) is 2.15. The highest BCUT2D eigenvalue weighted by atomic mass is 16.5. The lowest BCUT2D eigenvalue weighted by atomic mass is 10.0. The predicted molar refractivity (Wildman–Crippen MR) is 93.1 cm³/mol. The number of carbonyl (C=O) groups excluding carboxylic acids is 2. The van der Waals surface area contributed by atoms with Crippen LogP contribution in [0.5, 0.6) is 0 Å². The molecule has 8 nitrogen and oxygen atoms in total. The lowest BCUT2D eigenvalue weighted by molar-refractivity contribution is -0.131. The Balaban J connectivity index is 1.48. The summed E-state index contributed by atoms with van der Waals surface area (Å²) in [5.74, 6) is 0.973. The lowest BCUT2D eigenvalue weighted by Crippen LogP contribution is -2.53. The highest BCUT2D eigenvalue weighted by Crippen LogP contribution is 2.23. The Hall–Kier alpha value is -1.93. The molecule has 3 rings (SSSR count). The third-order valence-electron chi connectivity index (χ3n) is 5.13. The molecule has 1 aromatic rings. The SMILES string of the molecule is CC(=O)N1CCN([C@H]2CN(CC(=O)Nc3cc(C)no3)C[C@@H]2C)CC1. The van der Waals surface area contributed by atoms with Crippen LogP contribution in [-0.4, -0.2) is 83.5 Å². The van der Waals surface area contributed by atoms with Crippen molar-refractivity contribution >= 4 is 17.7 Å².